The first-order valence-corrected chi connectivity index (χ1v) is 6.72. The summed E-state index contributed by atoms with van der Waals surface area (Å²) in [6.07, 6.45) is 1.46. The van der Waals surface area contributed by atoms with Crippen molar-refractivity contribution in [1.29, 1.82) is 0 Å². The molecule has 0 saturated carbocycles. The van der Waals surface area contributed by atoms with E-state index in [-0.39, 0.29) is 18.2 Å². The fourth-order valence-corrected chi connectivity index (χ4v) is 1.70. The van der Waals surface area contributed by atoms with Crippen molar-refractivity contribution in [2.75, 3.05) is 6.61 Å². The molecule has 8 heteroatoms. The molecule has 4 N–H and O–H groups in total. The molecule has 0 bridgehead atoms. The Balaban J connectivity index is 2.11. The summed E-state index contributed by atoms with van der Waals surface area (Å²) in [6, 6.07) is 5.35. The number of aromatic nitrogens is 1. The summed E-state index contributed by atoms with van der Waals surface area (Å²) in [5.41, 5.74) is 5.90. The number of hydrogen-bond acceptors (Lipinski definition) is 5. The zero-order valence-electron chi connectivity index (χ0n) is 12.0. The van der Waals surface area contributed by atoms with Gasteiger partial charge in [-0.2, -0.15) is 0 Å². The minimum Gasteiger partial charge on any atom is -0.439 e. The van der Waals surface area contributed by atoms with E-state index in [9.17, 15) is 13.6 Å². The first kappa shape index (κ1) is 16.8. The molecule has 0 saturated heterocycles. The molecule has 0 spiro atoms. The summed E-state index contributed by atoms with van der Waals surface area (Å²) in [6.45, 7) is -0.420. The van der Waals surface area contributed by atoms with Crippen LogP contribution in [0.4, 0.5) is 8.78 Å². The van der Waals surface area contributed by atoms with Crippen molar-refractivity contribution in [2.24, 2.45) is 5.73 Å². The van der Waals surface area contributed by atoms with E-state index in [1.807, 2.05) is 0 Å². The van der Waals surface area contributed by atoms with E-state index in [0.29, 0.717) is 5.56 Å². The van der Waals surface area contributed by atoms with Gasteiger partial charge in [-0.15, -0.1) is 0 Å². The third-order valence-electron chi connectivity index (χ3n) is 2.94. The van der Waals surface area contributed by atoms with Gasteiger partial charge < -0.3 is 20.9 Å². The van der Waals surface area contributed by atoms with E-state index in [4.69, 9.17) is 15.6 Å². The van der Waals surface area contributed by atoms with Crippen molar-refractivity contribution in [1.82, 2.24) is 10.3 Å². The molecule has 1 amide bonds. The van der Waals surface area contributed by atoms with Gasteiger partial charge in [0.2, 0.25) is 11.8 Å². The summed E-state index contributed by atoms with van der Waals surface area (Å²) in [4.78, 5) is 15.5. The van der Waals surface area contributed by atoms with E-state index in [1.54, 1.807) is 12.1 Å². The second-order valence-corrected chi connectivity index (χ2v) is 4.65. The summed E-state index contributed by atoms with van der Waals surface area (Å²) in [7, 11) is 0. The molecule has 1 atom stereocenters. The molecule has 0 unspecified atom stereocenters. The lowest BCUT2D eigenvalue weighted by Crippen LogP contribution is -2.42. The number of aliphatic hydroxyl groups is 1. The Morgan fingerprint density at radius 3 is 2.83 bits per heavy atom. The predicted molar refractivity (Wildman–Crippen MR) is 77.6 cm³/mol. The van der Waals surface area contributed by atoms with Crippen LogP contribution in [0.5, 0.6) is 11.6 Å². The minimum atomic E-state index is -1.04. The summed E-state index contributed by atoms with van der Waals surface area (Å²) in [5, 5.41) is 11.3. The van der Waals surface area contributed by atoms with Gasteiger partial charge >= 0.3 is 0 Å². The minimum absolute atomic E-state index is 0.0549. The Bertz CT molecular complexity index is 697. The number of nitrogens with two attached hydrogens (primary N) is 1. The van der Waals surface area contributed by atoms with Crippen LogP contribution >= 0.6 is 0 Å². The molecule has 0 radical (unpaired) electrons. The molecular weight excluding hydrogens is 308 g/mol. The third kappa shape index (κ3) is 4.44. The number of amides is 1. The highest BCUT2D eigenvalue weighted by Crippen LogP contribution is 2.24. The number of pyridine rings is 1. The average molecular weight is 323 g/mol. The largest absolute Gasteiger partial charge is 0.439 e. The highest BCUT2D eigenvalue weighted by atomic mass is 19.2. The number of nitrogens with zero attached hydrogens (tertiary/aromatic N) is 1. The van der Waals surface area contributed by atoms with Crippen LogP contribution in [0.1, 0.15) is 5.56 Å². The molecule has 0 aliphatic heterocycles. The van der Waals surface area contributed by atoms with Crippen LogP contribution in [-0.4, -0.2) is 28.6 Å². The number of carbonyl (C=O) groups is 1. The van der Waals surface area contributed by atoms with Crippen LogP contribution in [0.15, 0.2) is 36.5 Å². The lowest BCUT2D eigenvalue weighted by molar-refractivity contribution is -0.123. The van der Waals surface area contributed by atoms with Gasteiger partial charge in [0.05, 0.1) is 6.61 Å². The summed E-state index contributed by atoms with van der Waals surface area (Å²) in [5.74, 6) is -2.35. The lowest BCUT2D eigenvalue weighted by Gasteiger charge is -2.12. The zero-order chi connectivity index (χ0) is 16.8. The van der Waals surface area contributed by atoms with Crippen LogP contribution in [0, 0.1) is 11.6 Å². The predicted octanol–water partition coefficient (Wildman–Crippen LogP) is 1.09. The number of benzene rings is 1. The SMILES string of the molecule is N[C@H](CO)C(=O)NCc1cccnc1Oc1ccc(F)c(F)c1. The summed E-state index contributed by atoms with van der Waals surface area (Å²) >= 11 is 0. The lowest BCUT2D eigenvalue weighted by atomic mass is 10.2. The Kier molecular flexibility index (Phi) is 5.56. The van der Waals surface area contributed by atoms with Gasteiger partial charge in [-0.25, -0.2) is 13.8 Å². The number of nitrogens with one attached hydrogen (secondary N) is 1. The monoisotopic (exact) mass is 323 g/mol. The van der Waals surface area contributed by atoms with Gasteiger partial charge in [0.1, 0.15) is 11.8 Å². The smallest absolute Gasteiger partial charge is 0.239 e. The second kappa shape index (κ2) is 7.61. The van der Waals surface area contributed by atoms with Crippen molar-refractivity contribution in [3.8, 4) is 11.6 Å². The number of hydrogen-bond donors (Lipinski definition) is 3. The van der Waals surface area contributed by atoms with Crippen LogP contribution in [0.25, 0.3) is 0 Å². The van der Waals surface area contributed by atoms with Gasteiger partial charge in [-0.3, -0.25) is 4.79 Å². The second-order valence-electron chi connectivity index (χ2n) is 4.65. The normalized spacial score (nSPS) is 11.8. The fraction of sp³-hybridized carbons (Fsp3) is 0.200. The van der Waals surface area contributed by atoms with E-state index in [2.05, 4.69) is 10.3 Å². The van der Waals surface area contributed by atoms with Crippen LogP contribution in [0.3, 0.4) is 0 Å². The first-order valence-electron chi connectivity index (χ1n) is 6.72. The van der Waals surface area contributed by atoms with Gasteiger partial charge in [0, 0.05) is 24.4 Å². The van der Waals surface area contributed by atoms with Crippen molar-refractivity contribution < 1.29 is 23.4 Å². The molecule has 2 rings (SSSR count). The number of aliphatic hydroxyl groups excluding tert-OH is 1. The van der Waals surface area contributed by atoms with Crippen molar-refractivity contribution in [3.05, 3.63) is 53.7 Å². The van der Waals surface area contributed by atoms with E-state index < -0.39 is 30.2 Å². The molecule has 1 aromatic heterocycles. The Morgan fingerprint density at radius 2 is 2.13 bits per heavy atom. The maximum Gasteiger partial charge on any atom is 0.239 e. The molecule has 1 aromatic carbocycles. The Morgan fingerprint density at radius 1 is 1.35 bits per heavy atom. The molecule has 122 valence electrons. The highest BCUT2D eigenvalue weighted by molar-refractivity contribution is 5.81. The van der Waals surface area contributed by atoms with Gasteiger partial charge in [0.15, 0.2) is 11.6 Å². The van der Waals surface area contributed by atoms with Gasteiger partial charge in [-0.1, -0.05) is 6.07 Å². The van der Waals surface area contributed by atoms with E-state index in [0.717, 1.165) is 12.1 Å². The van der Waals surface area contributed by atoms with Crippen LogP contribution < -0.4 is 15.8 Å². The number of carbonyl (C=O) groups excluding carboxylic acids is 1. The van der Waals surface area contributed by atoms with E-state index in [1.165, 1.54) is 12.3 Å². The highest BCUT2D eigenvalue weighted by Gasteiger charge is 2.13. The Labute approximate surface area is 130 Å². The van der Waals surface area contributed by atoms with Crippen LogP contribution in [0.2, 0.25) is 0 Å². The molecule has 0 fully saturated rings. The van der Waals surface area contributed by atoms with Crippen LogP contribution in [-0.2, 0) is 11.3 Å². The maximum atomic E-state index is 13.2. The fourth-order valence-electron chi connectivity index (χ4n) is 1.70. The number of ether oxygens (including phenoxy) is 1. The summed E-state index contributed by atoms with van der Waals surface area (Å²) < 4.78 is 31.5. The number of halogens is 2. The quantitative estimate of drug-likeness (QED) is 0.739. The number of rotatable bonds is 6. The molecule has 6 nitrogen and oxygen atoms in total. The topological polar surface area (TPSA) is 97.5 Å². The third-order valence-corrected chi connectivity index (χ3v) is 2.94. The van der Waals surface area contributed by atoms with Crippen molar-refractivity contribution in [3.63, 3.8) is 0 Å². The van der Waals surface area contributed by atoms with Gasteiger partial charge in [0.25, 0.3) is 0 Å². The van der Waals surface area contributed by atoms with E-state index >= 15 is 0 Å². The average Bonchev–Trinajstić information content (AvgIpc) is 2.56. The van der Waals surface area contributed by atoms with Crippen molar-refractivity contribution in [2.45, 2.75) is 12.6 Å². The molecule has 0 aliphatic rings. The standard InChI is InChI=1S/C15H15F2N3O3/c16-11-4-3-10(6-12(11)17)23-15-9(2-1-5-19-15)7-20-14(22)13(18)8-21/h1-6,13,21H,7-8,18H2,(H,20,22)/t13-/m1/s1. The van der Waals surface area contributed by atoms with Crippen molar-refractivity contribution >= 4 is 5.91 Å². The zero-order valence-corrected chi connectivity index (χ0v) is 12.0. The molecular formula is C15H15F2N3O3. The molecule has 2 aromatic rings. The van der Waals surface area contributed by atoms with Gasteiger partial charge in [-0.05, 0) is 18.2 Å². The maximum absolute atomic E-state index is 13.2. The molecule has 23 heavy (non-hydrogen) atoms. The molecule has 1 heterocycles. The molecule has 0 aliphatic carbocycles. The first-order chi connectivity index (χ1) is 11.0. The Hall–Kier alpha value is -2.58.